The van der Waals surface area contributed by atoms with E-state index in [1.165, 1.54) is 0 Å². The highest BCUT2D eigenvalue weighted by Crippen LogP contribution is 2.04. The van der Waals surface area contributed by atoms with Crippen molar-refractivity contribution < 1.29 is 5.11 Å². The fourth-order valence-corrected chi connectivity index (χ4v) is 1.82. The largest absolute Gasteiger partial charge is 0.390 e. The predicted octanol–water partition coefficient (Wildman–Crippen LogP) is 0.409. The molecule has 2 N–H and O–H groups in total. The summed E-state index contributed by atoms with van der Waals surface area (Å²) in [6.07, 6.45) is 4.12. The molecule has 2 aromatic rings. The van der Waals surface area contributed by atoms with Gasteiger partial charge >= 0.3 is 0 Å². The molecule has 0 aromatic carbocycles. The van der Waals surface area contributed by atoms with Gasteiger partial charge in [-0.2, -0.15) is 0 Å². The van der Waals surface area contributed by atoms with Crippen molar-refractivity contribution in [2.24, 2.45) is 7.05 Å². The van der Waals surface area contributed by atoms with Crippen LogP contribution in [0.4, 0.5) is 0 Å². The molecule has 0 amide bonds. The predicted molar refractivity (Wildman–Crippen MR) is 60.2 cm³/mol. The normalized spacial score (nSPS) is 10.9. The second-order valence-electron chi connectivity index (χ2n) is 3.50. The number of aryl methyl sites for hydroxylation is 2. The lowest BCUT2D eigenvalue weighted by molar-refractivity contribution is 0.270. The Balaban J connectivity index is 2.13. The average molecular weight is 239 g/mol. The van der Waals surface area contributed by atoms with Crippen LogP contribution in [0.3, 0.4) is 0 Å². The zero-order chi connectivity index (χ0) is 11.5. The molecule has 16 heavy (non-hydrogen) atoms. The molecule has 0 spiro atoms. The number of imidazole rings is 1. The Kier molecular flexibility index (Phi) is 3.16. The molecule has 0 fully saturated rings. The van der Waals surface area contributed by atoms with Crippen LogP contribution in [0.25, 0.3) is 0 Å². The van der Waals surface area contributed by atoms with Gasteiger partial charge in [-0.15, -0.1) is 10.2 Å². The number of aliphatic hydroxyl groups excluding tert-OH is 1. The Morgan fingerprint density at radius 1 is 1.56 bits per heavy atom. The van der Waals surface area contributed by atoms with E-state index in [0.717, 1.165) is 17.9 Å². The van der Waals surface area contributed by atoms with Crippen LogP contribution < -0.4 is 0 Å². The molecule has 0 aliphatic heterocycles. The summed E-state index contributed by atoms with van der Waals surface area (Å²) < 4.78 is 4.35. The van der Waals surface area contributed by atoms with Crippen molar-refractivity contribution in [1.82, 2.24) is 24.3 Å². The van der Waals surface area contributed by atoms with Gasteiger partial charge in [0.2, 0.25) is 0 Å². The van der Waals surface area contributed by atoms with Crippen LogP contribution in [-0.4, -0.2) is 29.4 Å². The van der Waals surface area contributed by atoms with Crippen LogP contribution in [0.15, 0.2) is 12.5 Å². The van der Waals surface area contributed by atoms with Crippen LogP contribution in [0.1, 0.15) is 11.5 Å². The summed E-state index contributed by atoms with van der Waals surface area (Å²) in [6.45, 7) is 0.663. The highest BCUT2D eigenvalue weighted by atomic mass is 32.1. The smallest absolute Gasteiger partial charge is 0.177 e. The summed E-state index contributed by atoms with van der Waals surface area (Å²) >= 11 is 5.12. The van der Waals surface area contributed by atoms with Gasteiger partial charge in [0.25, 0.3) is 0 Å². The molecule has 2 rings (SSSR count). The van der Waals surface area contributed by atoms with E-state index in [0.29, 0.717) is 11.3 Å². The van der Waals surface area contributed by atoms with Gasteiger partial charge in [0.1, 0.15) is 12.2 Å². The maximum absolute atomic E-state index is 9.12. The molecular formula is C9H13N5OS. The summed E-state index contributed by atoms with van der Waals surface area (Å²) in [4.78, 5) is 2.91. The Morgan fingerprint density at radius 3 is 3.00 bits per heavy atom. The number of rotatable bonds is 4. The van der Waals surface area contributed by atoms with Crippen molar-refractivity contribution in [2.45, 2.75) is 19.6 Å². The first kappa shape index (κ1) is 11.0. The molecule has 0 unspecified atom stereocenters. The van der Waals surface area contributed by atoms with E-state index in [4.69, 9.17) is 17.3 Å². The molecule has 0 aliphatic rings. The zero-order valence-corrected chi connectivity index (χ0v) is 9.74. The molecule has 0 atom stereocenters. The molecule has 7 heteroatoms. The molecule has 6 nitrogen and oxygen atoms in total. The Hall–Kier alpha value is -1.47. The molecule has 0 saturated heterocycles. The van der Waals surface area contributed by atoms with Gasteiger partial charge in [-0.25, -0.2) is 0 Å². The first-order valence-corrected chi connectivity index (χ1v) is 5.34. The number of H-pyrrole nitrogens is 1. The minimum absolute atomic E-state index is 0.0219. The number of aromatic nitrogens is 5. The van der Waals surface area contributed by atoms with E-state index in [9.17, 15) is 0 Å². The Bertz CT molecular complexity index is 526. The van der Waals surface area contributed by atoms with Crippen molar-refractivity contribution in [1.29, 1.82) is 0 Å². The van der Waals surface area contributed by atoms with Gasteiger partial charge in [0, 0.05) is 26.2 Å². The molecular weight excluding hydrogens is 226 g/mol. The monoisotopic (exact) mass is 239 g/mol. The summed E-state index contributed by atoms with van der Waals surface area (Å²) in [5, 5.41) is 16.9. The van der Waals surface area contributed by atoms with Crippen molar-refractivity contribution >= 4 is 12.2 Å². The molecule has 0 aliphatic carbocycles. The van der Waals surface area contributed by atoms with E-state index in [-0.39, 0.29) is 6.61 Å². The van der Waals surface area contributed by atoms with Gasteiger partial charge in [0.05, 0.1) is 12.3 Å². The lowest BCUT2D eigenvalue weighted by Gasteiger charge is -2.05. The third-order valence-electron chi connectivity index (χ3n) is 2.48. The van der Waals surface area contributed by atoms with Gasteiger partial charge in [-0.1, -0.05) is 0 Å². The fraction of sp³-hybridized carbons (Fsp3) is 0.444. The first-order valence-electron chi connectivity index (χ1n) is 4.93. The van der Waals surface area contributed by atoms with Crippen LogP contribution in [0, 0.1) is 4.77 Å². The Morgan fingerprint density at radius 2 is 2.38 bits per heavy atom. The summed E-state index contributed by atoms with van der Waals surface area (Å²) in [7, 11) is 1.90. The zero-order valence-electron chi connectivity index (χ0n) is 8.92. The van der Waals surface area contributed by atoms with Crippen LogP contribution >= 0.6 is 12.2 Å². The second kappa shape index (κ2) is 4.58. The van der Waals surface area contributed by atoms with Crippen LogP contribution in [0.5, 0.6) is 0 Å². The third kappa shape index (κ3) is 2.05. The van der Waals surface area contributed by atoms with Crippen molar-refractivity contribution in [3.63, 3.8) is 0 Å². The Labute approximate surface area is 97.6 Å². The van der Waals surface area contributed by atoms with Crippen molar-refractivity contribution in [3.8, 4) is 0 Å². The maximum Gasteiger partial charge on any atom is 0.177 e. The van der Waals surface area contributed by atoms with E-state index in [1.807, 2.05) is 16.2 Å². The van der Waals surface area contributed by atoms with E-state index in [2.05, 4.69) is 15.2 Å². The molecule has 2 aromatic heterocycles. The summed E-state index contributed by atoms with van der Waals surface area (Å²) in [5.41, 5.74) is 0.784. The number of aromatic amines is 1. The van der Waals surface area contributed by atoms with Crippen LogP contribution in [-0.2, 0) is 26.6 Å². The first-order chi connectivity index (χ1) is 7.72. The van der Waals surface area contributed by atoms with Gasteiger partial charge < -0.3 is 19.2 Å². The minimum Gasteiger partial charge on any atom is -0.390 e. The molecule has 0 radical (unpaired) electrons. The SMILES string of the molecule is Cn1cnnc1CCn1c(CO)c[nH]c1=S. The van der Waals surface area contributed by atoms with Gasteiger partial charge in [-0.3, -0.25) is 0 Å². The quantitative estimate of drug-likeness (QED) is 0.758. The minimum atomic E-state index is -0.0219. The second-order valence-corrected chi connectivity index (χ2v) is 3.89. The third-order valence-corrected chi connectivity index (χ3v) is 2.82. The molecule has 86 valence electrons. The molecule has 2 heterocycles. The summed E-state index contributed by atoms with van der Waals surface area (Å²) in [5.74, 6) is 0.895. The van der Waals surface area contributed by atoms with Gasteiger partial charge in [-0.05, 0) is 12.2 Å². The van der Waals surface area contributed by atoms with Gasteiger partial charge in [0.15, 0.2) is 4.77 Å². The highest BCUT2D eigenvalue weighted by Gasteiger charge is 2.05. The number of nitrogens with one attached hydrogen (secondary N) is 1. The van der Waals surface area contributed by atoms with Crippen LogP contribution in [0.2, 0.25) is 0 Å². The van der Waals surface area contributed by atoms with E-state index < -0.39 is 0 Å². The standard InChI is InChI=1S/C9H13N5OS/c1-13-6-11-12-8(13)2-3-14-7(5-15)4-10-9(14)16/h4,6,15H,2-3,5H2,1H3,(H,10,16). The summed E-state index contributed by atoms with van der Waals surface area (Å²) in [6, 6.07) is 0. The van der Waals surface area contributed by atoms with E-state index in [1.54, 1.807) is 12.5 Å². The lowest BCUT2D eigenvalue weighted by atomic mass is 10.4. The lowest BCUT2D eigenvalue weighted by Crippen LogP contribution is -2.08. The number of aliphatic hydroxyl groups is 1. The number of nitrogens with zero attached hydrogens (tertiary/aromatic N) is 4. The maximum atomic E-state index is 9.12. The fourth-order valence-electron chi connectivity index (χ4n) is 1.55. The number of hydrogen-bond donors (Lipinski definition) is 2. The topological polar surface area (TPSA) is 71.7 Å². The molecule has 0 bridgehead atoms. The van der Waals surface area contributed by atoms with Crippen molar-refractivity contribution in [3.05, 3.63) is 28.8 Å². The number of hydrogen-bond acceptors (Lipinski definition) is 4. The highest BCUT2D eigenvalue weighted by molar-refractivity contribution is 7.71. The average Bonchev–Trinajstić information content (AvgIpc) is 2.82. The molecule has 0 saturated carbocycles. The van der Waals surface area contributed by atoms with Crippen molar-refractivity contribution in [2.75, 3.05) is 0 Å². The van der Waals surface area contributed by atoms with E-state index >= 15 is 0 Å².